The first-order chi connectivity index (χ1) is 57.5. The standard InChI is InChI=1S/C29H33N3O.C27H23N3O.C24H25N3O.C23H21N3O/c1-17(2)22-9-8-10-23(18(3)4)27(22)32-16-15-31(21(32)7)26-19(5)11-13-24-25-14-12-20(6)30-29(25)33-28(24)26;1-17-13-15-21-22-16-14-18(2)28-27(22)31-26(21)25(17)30-19(3)29(20-9-5-4-6-10-20)23-11-7-8-12-24(23)30;1-14(2)26-17(5)27(21-9-7-6-8-20(21)26)22-15(3)10-12-18-19-13-11-16(4)25-24(19)28-23(18)22;1-15-9-11-19-20-12-10-16(2)24-23(20)27-22(19)21(15)26-14-13-25(17(26)3)18-7-5-4-6-8-18/h8-18,21H,1-7H3;4-16,19H,1-3H3;6-14,17H,1-5H3;4-14,17H,1-3H3. The maximum Gasteiger partial charge on any atom is 0.227 e. The molecule has 0 N–H and O–H groups in total. The number of nitrogens with zero attached hydrogens (tertiary/aromatic N) is 12. The Labute approximate surface area is 696 Å². The van der Waals surface area contributed by atoms with Gasteiger partial charge in [0.15, 0.2) is 22.3 Å². The van der Waals surface area contributed by atoms with E-state index in [2.05, 4.69) is 375 Å². The van der Waals surface area contributed by atoms with Crippen molar-refractivity contribution in [3.8, 4) is 0 Å². The number of hydrogen-bond acceptors (Lipinski definition) is 16. The van der Waals surface area contributed by atoms with E-state index in [4.69, 9.17) is 17.7 Å². The molecular formula is C103H102N12O4. The third-order valence-corrected chi connectivity index (χ3v) is 24.3. The number of para-hydroxylation sites is 7. The molecule has 16 heteroatoms. The zero-order chi connectivity index (χ0) is 82.7. The average molecular weight is 1570 g/mol. The molecule has 4 unspecified atom stereocenters. The Kier molecular flexibility index (Phi) is 19.8. The van der Waals surface area contributed by atoms with Gasteiger partial charge in [0.1, 0.15) is 24.7 Å². The lowest BCUT2D eigenvalue weighted by atomic mass is 9.92. The quantitative estimate of drug-likeness (QED) is 0.129. The van der Waals surface area contributed by atoms with Gasteiger partial charge in [0, 0.05) is 114 Å². The molecule has 0 spiro atoms. The SMILES string of the molecule is Cc1ccc2c(n1)oc1c(N3C=CN(c4c(C(C)C)cccc4C(C)C)C3C)c(C)ccc12.Cc1ccc2c(n1)oc1c(N3C=CN(c4ccccc4)C3C)c(C)ccc12.Cc1ccc2c(n1)oc1c(N3c4ccccc4N(C(C)C)C3C)c(C)ccc12.Cc1ccc2c(n1)oc1c(N3c4ccccc4N(c4ccccc4)C3C)c(C)ccc12. The highest BCUT2D eigenvalue weighted by Gasteiger charge is 2.40. The highest BCUT2D eigenvalue weighted by atomic mass is 16.4. The molecule has 12 heterocycles. The summed E-state index contributed by atoms with van der Waals surface area (Å²) in [6, 6.07) is 79.3. The van der Waals surface area contributed by atoms with E-state index in [0.29, 0.717) is 40.7 Å². The van der Waals surface area contributed by atoms with Crippen LogP contribution in [0, 0.1) is 55.4 Å². The Bertz CT molecular complexity index is 6800. The van der Waals surface area contributed by atoms with Crippen LogP contribution in [-0.2, 0) is 0 Å². The van der Waals surface area contributed by atoms with Gasteiger partial charge in [0.25, 0.3) is 0 Å². The predicted molar refractivity (Wildman–Crippen MR) is 494 cm³/mol. The van der Waals surface area contributed by atoms with E-state index in [-0.39, 0.29) is 24.7 Å². The Hall–Kier alpha value is -13.3. The molecule has 16 nitrogen and oxygen atoms in total. The first-order valence-electron chi connectivity index (χ1n) is 41.8. The highest BCUT2D eigenvalue weighted by Crippen LogP contribution is 2.53. The molecule has 0 aliphatic carbocycles. The van der Waals surface area contributed by atoms with Gasteiger partial charge < -0.3 is 56.9 Å². The fourth-order valence-corrected chi connectivity index (χ4v) is 18.4. The number of fused-ring (bicyclic) bond motifs is 14. The van der Waals surface area contributed by atoms with Gasteiger partial charge in [-0.2, -0.15) is 0 Å². The molecule has 9 aromatic carbocycles. The van der Waals surface area contributed by atoms with E-state index in [1.807, 2.05) is 58.0 Å². The van der Waals surface area contributed by atoms with Crippen molar-refractivity contribution in [3.05, 3.63) is 305 Å². The molecule has 598 valence electrons. The smallest absolute Gasteiger partial charge is 0.227 e. The van der Waals surface area contributed by atoms with Crippen molar-refractivity contribution in [2.45, 2.75) is 167 Å². The Morgan fingerprint density at radius 3 is 0.950 bits per heavy atom. The second kappa shape index (κ2) is 30.6. The number of pyridine rings is 4. The summed E-state index contributed by atoms with van der Waals surface area (Å²) in [5.41, 5.74) is 30.8. The summed E-state index contributed by atoms with van der Waals surface area (Å²) >= 11 is 0. The van der Waals surface area contributed by atoms with E-state index in [1.54, 1.807) is 0 Å². The van der Waals surface area contributed by atoms with Crippen LogP contribution in [0.2, 0.25) is 0 Å². The molecule has 0 fully saturated rings. The van der Waals surface area contributed by atoms with Crippen LogP contribution in [0.1, 0.15) is 137 Å². The number of anilines is 11. The van der Waals surface area contributed by atoms with Crippen molar-refractivity contribution in [2.24, 2.45) is 0 Å². The van der Waals surface area contributed by atoms with Gasteiger partial charge in [-0.15, -0.1) is 0 Å². The molecule has 8 aromatic heterocycles. The summed E-state index contributed by atoms with van der Waals surface area (Å²) in [6.45, 7) is 39.2. The van der Waals surface area contributed by atoms with E-state index in [0.717, 1.165) is 111 Å². The number of benzene rings is 9. The minimum Gasteiger partial charge on any atom is -0.435 e. The molecule has 4 atom stereocenters. The van der Waals surface area contributed by atoms with Crippen molar-refractivity contribution >= 4 is 151 Å². The van der Waals surface area contributed by atoms with Gasteiger partial charge in [0.05, 0.1) is 45.5 Å². The fourth-order valence-electron chi connectivity index (χ4n) is 18.4. The Morgan fingerprint density at radius 2 is 0.563 bits per heavy atom. The van der Waals surface area contributed by atoms with Gasteiger partial charge in [-0.05, 0) is 239 Å². The second-order valence-corrected chi connectivity index (χ2v) is 33.2. The Balaban J connectivity index is 0.000000109. The summed E-state index contributed by atoms with van der Waals surface area (Å²) in [5, 5.41) is 8.70. The van der Waals surface area contributed by atoms with E-state index >= 15 is 0 Å². The molecule has 17 aromatic rings. The van der Waals surface area contributed by atoms with Crippen LogP contribution in [0.15, 0.2) is 267 Å². The van der Waals surface area contributed by atoms with Crippen LogP contribution in [0.5, 0.6) is 0 Å². The maximum absolute atomic E-state index is 6.39. The van der Waals surface area contributed by atoms with Crippen molar-refractivity contribution in [1.29, 1.82) is 0 Å². The lowest BCUT2D eigenvalue weighted by Gasteiger charge is -2.34. The topological polar surface area (TPSA) is 130 Å². The molecule has 119 heavy (non-hydrogen) atoms. The van der Waals surface area contributed by atoms with Crippen molar-refractivity contribution in [1.82, 2.24) is 19.9 Å². The molecule has 4 aliphatic heterocycles. The third-order valence-electron chi connectivity index (χ3n) is 24.3. The molecule has 0 amide bonds. The van der Waals surface area contributed by atoms with Crippen LogP contribution < -0.4 is 39.2 Å². The first-order valence-corrected chi connectivity index (χ1v) is 41.8. The molecule has 0 saturated heterocycles. The molecular weight excluding hydrogens is 1470 g/mol. The molecule has 0 bridgehead atoms. The van der Waals surface area contributed by atoms with Crippen LogP contribution in [0.4, 0.5) is 62.6 Å². The number of aryl methyl sites for hydroxylation is 8. The van der Waals surface area contributed by atoms with Crippen LogP contribution in [-0.4, -0.2) is 50.6 Å². The highest BCUT2D eigenvalue weighted by molar-refractivity contribution is 6.13. The lowest BCUT2D eigenvalue weighted by Crippen LogP contribution is -2.42. The van der Waals surface area contributed by atoms with E-state index in [9.17, 15) is 0 Å². The minimum absolute atomic E-state index is 0.0898. The zero-order valence-corrected chi connectivity index (χ0v) is 71.2. The van der Waals surface area contributed by atoms with E-state index < -0.39 is 0 Å². The van der Waals surface area contributed by atoms with E-state index in [1.165, 1.54) is 73.2 Å². The minimum atomic E-state index is 0.0898. The fraction of sp³-hybridized carbons (Fsp3) is 0.243. The van der Waals surface area contributed by atoms with Crippen LogP contribution in [0.25, 0.3) is 88.3 Å². The van der Waals surface area contributed by atoms with Gasteiger partial charge >= 0.3 is 0 Å². The third kappa shape index (κ3) is 13.2. The lowest BCUT2D eigenvalue weighted by molar-refractivity contribution is 0.601. The number of aromatic nitrogens is 4. The van der Waals surface area contributed by atoms with Crippen molar-refractivity contribution in [2.75, 3.05) is 39.2 Å². The van der Waals surface area contributed by atoms with Crippen molar-refractivity contribution < 1.29 is 17.7 Å². The van der Waals surface area contributed by atoms with Gasteiger partial charge in [-0.3, -0.25) is 0 Å². The normalized spacial score (nSPS) is 16.3. The average Bonchev–Trinajstić information content (AvgIpc) is 1.46. The largest absolute Gasteiger partial charge is 0.435 e. The molecule has 21 rings (SSSR count). The zero-order valence-electron chi connectivity index (χ0n) is 71.2. The maximum atomic E-state index is 6.39. The molecule has 0 saturated carbocycles. The van der Waals surface area contributed by atoms with Crippen molar-refractivity contribution in [3.63, 3.8) is 0 Å². The summed E-state index contributed by atoms with van der Waals surface area (Å²) in [7, 11) is 0. The first kappa shape index (κ1) is 76.9. The van der Waals surface area contributed by atoms with Gasteiger partial charge in [-0.1, -0.05) is 155 Å². The predicted octanol–water partition coefficient (Wildman–Crippen LogP) is 27.3. The van der Waals surface area contributed by atoms with Crippen LogP contribution in [0.3, 0.4) is 0 Å². The number of furan rings is 4. The summed E-state index contributed by atoms with van der Waals surface area (Å²) < 4.78 is 25.3. The summed E-state index contributed by atoms with van der Waals surface area (Å²) in [4.78, 5) is 37.5. The molecule has 4 aliphatic rings. The van der Waals surface area contributed by atoms with Gasteiger partial charge in [0.2, 0.25) is 22.9 Å². The van der Waals surface area contributed by atoms with Gasteiger partial charge in [-0.25, -0.2) is 19.9 Å². The molecule has 0 radical (unpaired) electrons. The van der Waals surface area contributed by atoms with Crippen LogP contribution >= 0.6 is 0 Å². The summed E-state index contributed by atoms with van der Waals surface area (Å²) in [6.07, 6.45) is 9.24. The second-order valence-electron chi connectivity index (χ2n) is 33.2. The Morgan fingerprint density at radius 1 is 0.261 bits per heavy atom. The summed E-state index contributed by atoms with van der Waals surface area (Å²) in [5.74, 6) is 0.895. The number of rotatable bonds is 10. The number of hydrogen-bond donors (Lipinski definition) is 0. The monoisotopic (exact) mass is 1570 g/mol.